The van der Waals surface area contributed by atoms with E-state index in [1.54, 1.807) is 6.08 Å². The first-order chi connectivity index (χ1) is 7.13. The number of carbonyl (C=O) groups excluding carboxylic acids is 1. The molecule has 2 atom stereocenters. The van der Waals surface area contributed by atoms with Crippen molar-refractivity contribution in [1.29, 1.82) is 0 Å². The zero-order valence-corrected chi connectivity index (χ0v) is 10.4. The highest BCUT2D eigenvalue weighted by atomic mass is 79.9. The first-order valence-corrected chi connectivity index (χ1v) is 6.65. The summed E-state index contributed by atoms with van der Waals surface area (Å²) in [7, 11) is 0. The second-order valence-electron chi connectivity index (χ2n) is 6.02. The third-order valence-corrected chi connectivity index (χ3v) is 5.52. The predicted molar refractivity (Wildman–Crippen MR) is 61.8 cm³/mol. The lowest BCUT2D eigenvalue weighted by molar-refractivity contribution is -0.0285. The summed E-state index contributed by atoms with van der Waals surface area (Å²) in [6.07, 6.45) is 9.63. The Kier molecular flexibility index (Phi) is 2.13. The number of rotatable bonds is 2. The van der Waals surface area contributed by atoms with Crippen LogP contribution in [0.25, 0.3) is 0 Å². The molecule has 2 unspecified atom stereocenters. The van der Waals surface area contributed by atoms with E-state index in [0.717, 1.165) is 18.4 Å². The van der Waals surface area contributed by atoms with Crippen molar-refractivity contribution in [1.82, 2.24) is 0 Å². The van der Waals surface area contributed by atoms with Crippen LogP contribution in [0.1, 0.15) is 38.5 Å². The molecule has 3 heteroatoms. The van der Waals surface area contributed by atoms with Crippen LogP contribution in [0.15, 0.2) is 4.99 Å². The van der Waals surface area contributed by atoms with Crippen LogP contribution in [0.2, 0.25) is 0 Å². The molecule has 0 aromatic carbocycles. The zero-order valence-electron chi connectivity index (χ0n) is 8.84. The van der Waals surface area contributed by atoms with E-state index in [0.29, 0.717) is 9.74 Å². The average molecular weight is 270 g/mol. The molecule has 4 fully saturated rings. The Morgan fingerprint density at radius 2 is 1.93 bits per heavy atom. The number of aliphatic imine (C=N–C) groups is 1. The van der Waals surface area contributed by atoms with Gasteiger partial charge in [-0.05, 0) is 55.8 Å². The lowest BCUT2D eigenvalue weighted by Gasteiger charge is -2.59. The van der Waals surface area contributed by atoms with E-state index in [-0.39, 0.29) is 0 Å². The Balaban J connectivity index is 1.89. The van der Waals surface area contributed by atoms with Gasteiger partial charge in [0.1, 0.15) is 0 Å². The van der Waals surface area contributed by atoms with E-state index < -0.39 is 0 Å². The Morgan fingerprint density at radius 1 is 1.27 bits per heavy atom. The van der Waals surface area contributed by atoms with Gasteiger partial charge in [0.15, 0.2) is 0 Å². The molecule has 0 amide bonds. The van der Waals surface area contributed by atoms with E-state index in [4.69, 9.17) is 0 Å². The maximum atomic E-state index is 10.3. The first-order valence-electron chi connectivity index (χ1n) is 5.86. The van der Waals surface area contributed by atoms with Gasteiger partial charge in [0.2, 0.25) is 6.08 Å². The van der Waals surface area contributed by atoms with Gasteiger partial charge < -0.3 is 0 Å². The highest BCUT2D eigenvalue weighted by Crippen LogP contribution is 2.64. The van der Waals surface area contributed by atoms with Crippen molar-refractivity contribution in [3.63, 3.8) is 0 Å². The second kappa shape index (κ2) is 3.18. The van der Waals surface area contributed by atoms with Crippen molar-refractivity contribution in [3.8, 4) is 0 Å². The zero-order chi connectivity index (χ0) is 10.5. The highest BCUT2D eigenvalue weighted by Gasteiger charge is 2.56. The van der Waals surface area contributed by atoms with Gasteiger partial charge in [-0.15, -0.1) is 0 Å². The van der Waals surface area contributed by atoms with E-state index in [1.807, 2.05) is 0 Å². The summed E-state index contributed by atoms with van der Waals surface area (Å²) in [5, 5.41) is 0. The second-order valence-corrected chi connectivity index (χ2v) is 7.70. The monoisotopic (exact) mass is 269 g/mol. The van der Waals surface area contributed by atoms with Gasteiger partial charge in [-0.3, -0.25) is 0 Å². The van der Waals surface area contributed by atoms with Crippen LogP contribution in [-0.4, -0.2) is 16.9 Å². The van der Waals surface area contributed by atoms with Gasteiger partial charge in [-0.25, -0.2) is 9.79 Å². The fourth-order valence-electron chi connectivity index (χ4n) is 4.72. The quantitative estimate of drug-likeness (QED) is 0.431. The highest BCUT2D eigenvalue weighted by molar-refractivity contribution is 9.10. The Labute approximate surface area is 98.7 Å². The van der Waals surface area contributed by atoms with Gasteiger partial charge in [0.25, 0.3) is 0 Å². The molecule has 4 bridgehead atoms. The van der Waals surface area contributed by atoms with Gasteiger partial charge in [-0.1, -0.05) is 15.9 Å². The lowest BCUT2D eigenvalue weighted by atomic mass is 9.49. The summed E-state index contributed by atoms with van der Waals surface area (Å²) in [4.78, 5) is 14.1. The molecule has 0 saturated heterocycles. The third-order valence-electron chi connectivity index (χ3n) is 4.59. The molecule has 4 saturated carbocycles. The maximum absolute atomic E-state index is 10.3. The Bertz CT molecular complexity index is 321. The summed E-state index contributed by atoms with van der Waals surface area (Å²) in [6.45, 7) is 0.719. The molecule has 0 aromatic heterocycles. The summed E-state index contributed by atoms with van der Waals surface area (Å²) < 4.78 is 0.384. The smallest absolute Gasteiger partial charge is 0.211 e. The van der Waals surface area contributed by atoms with Crippen LogP contribution in [0.5, 0.6) is 0 Å². The van der Waals surface area contributed by atoms with Crippen LogP contribution in [0.4, 0.5) is 0 Å². The van der Waals surface area contributed by atoms with Crippen molar-refractivity contribution >= 4 is 22.0 Å². The average Bonchev–Trinajstić information content (AvgIpc) is 2.10. The molecule has 0 spiro atoms. The van der Waals surface area contributed by atoms with Crippen LogP contribution in [0.3, 0.4) is 0 Å². The first kappa shape index (κ1) is 10.0. The van der Waals surface area contributed by atoms with Crippen LogP contribution >= 0.6 is 15.9 Å². The number of halogens is 1. The normalized spacial score (nSPS) is 51.5. The number of nitrogens with zero attached hydrogens (tertiary/aromatic N) is 1. The molecular weight excluding hydrogens is 254 g/mol. The fraction of sp³-hybridized carbons (Fsp3) is 0.917. The predicted octanol–water partition coefficient (Wildman–Crippen LogP) is 3.06. The molecule has 2 nitrogen and oxygen atoms in total. The third kappa shape index (κ3) is 1.60. The molecule has 15 heavy (non-hydrogen) atoms. The molecule has 0 aromatic rings. The molecule has 0 aliphatic heterocycles. The summed E-state index contributed by atoms with van der Waals surface area (Å²) in [5.74, 6) is 1.76. The van der Waals surface area contributed by atoms with E-state index in [9.17, 15) is 4.79 Å². The van der Waals surface area contributed by atoms with Crippen LogP contribution < -0.4 is 0 Å². The minimum atomic E-state index is 0.338. The standard InChI is InChI=1S/C12H16BrNO/c13-12-4-9-1-10(5-12)3-11(2-9,6-12)7-14-8-15/h9-10H,1-7H2. The fourth-order valence-corrected chi connectivity index (χ4v) is 6.23. The lowest BCUT2D eigenvalue weighted by Crippen LogP contribution is -2.53. The number of isocyanates is 1. The van der Waals surface area contributed by atoms with Crippen LogP contribution in [-0.2, 0) is 4.79 Å². The van der Waals surface area contributed by atoms with Gasteiger partial charge in [-0.2, -0.15) is 0 Å². The summed E-state index contributed by atoms with van der Waals surface area (Å²) >= 11 is 3.94. The molecule has 0 heterocycles. The van der Waals surface area contributed by atoms with Gasteiger partial charge in [0, 0.05) is 4.32 Å². The molecule has 4 aliphatic carbocycles. The van der Waals surface area contributed by atoms with E-state index >= 15 is 0 Å². The Morgan fingerprint density at radius 3 is 2.47 bits per heavy atom. The van der Waals surface area contributed by atoms with Gasteiger partial charge in [0.05, 0.1) is 6.54 Å². The molecular formula is C12H16BrNO. The van der Waals surface area contributed by atoms with Crippen molar-refractivity contribution in [2.75, 3.05) is 6.54 Å². The minimum Gasteiger partial charge on any atom is -0.211 e. The van der Waals surface area contributed by atoms with E-state index in [1.165, 1.54) is 38.5 Å². The molecule has 4 rings (SSSR count). The van der Waals surface area contributed by atoms with Crippen LogP contribution in [0, 0.1) is 17.3 Å². The maximum Gasteiger partial charge on any atom is 0.234 e. The summed E-state index contributed by atoms with van der Waals surface area (Å²) in [6, 6.07) is 0. The topological polar surface area (TPSA) is 29.4 Å². The molecule has 82 valence electrons. The number of alkyl halides is 1. The van der Waals surface area contributed by atoms with Crippen molar-refractivity contribution < 1.29 is 4.79 Å². The van der Waals surface area contributed by atoms with Crippen molar-refractivity contribution in [3.05, 3.63) is 0 Å². The van der Waals surface area contributed by atoms with Crippen molar-refractivity contribution in [2.45, 2.75) is 42.8 Å². The van der Waals surface area contributed by atoms with E-state index in [2.05, 4.69) is 20.9 Å². The summed E-state index contributed by atoms with van der Waals surface area (Å²) in [5.41, 5.74) is 0.338. The molecule has 0 radical (unpaired) electrons. The Hall–Kier alpha value is -0.140. The SMILES string of the molecule is O=C=NCC12CC3CC(CC(Br)(C3)C1)C2. The largest absolute Gasteiger partial charge is 0.234 e. The number of hydrogen-bond acceptors (Lipinski definition) is 2. The molecule has 4 aliphatic rings. The van der Waals surface area contributed by atoms with Crippen molar-refractivity contribution in [2.24, 2.45) is 22.2 Å². The van der Waals surface area contributed by atoms with Gasteiger partial charge >= 0.3 is 0 Å². The number of hydrogen-bond donors (Lipinski definition) is 0. The molecule has 0 N–H and O–H groups in total. The minimum absolute atomic E-state index is 0.338.